The Morgan fingerprint density at radius 1 is 1.91 bits per heavy atom. The number of carbonyl (C=O) groups excluding carboxylic acids is 1. The predicted molar refractivity (Wildman–Crippen MR) is 39.7 cm³/mol. The number of terminal acetylenes is 1. The van der Waals surface area contributed by atoms with Gasteiger partial charge in [0.1, 0.15) is 5.69 Å². The second-order valence-electron chi connectivity index (χ2n) is 2.06. The van der Waals surface area contributed by atoms with Crippen molar-refractivity contribution in [3.05, 3.63) is 17.7 Å². The second-order valence-corrected chi connectivity index (χ2v) is 2.06. The van der Waals surface area contributed by atoms with E-state index in [4.69, 9.17) is 12.2 Å². The van der Waals surface area contributed by atoms with Crippen LogP contribution in [0.5, 0.6) is 0 Å². The highest BCUT2D eigenvalue weighted by Gasteiger charge is 2.10. The number of rotatable bonds is 1. The average molecular weight is 149 g/mol. The number of hydrogen-bond donors (Lipinski definition) is 1. The lowest BCUT2D eigenvalue weighted by Gasteiger charge is -1.92. The highest BCUT2D eigenvalue weighted by molar-refractivity contribution is 5.92. The molecule has 0 unspecified atom stereocenters. The summed E-state index contributed by atoms with van der Waals surface area (Å²) in [5.74, 6) is 1.73. The number of carbonyl (C=O) groups is 1. The molecule has 2 N–H and O–H groups in total. The zero-order chi connectivity index (χ0) is 8.43. The van der Waals surface area contributed by atoms with Crippen LogP contribution in [0.15, 0.2) is 6.33 Å². The van der Waals surface area contributed by atoms with Gasteiger partial charge in [0.05, 0.1) is 6.33 Å². The summed E-state index contributed by atoms with van der Waals surface area (Å²) >= 11 is 0. The van der Waals surface area contributed by atoms with Crippen molar-refractivity contribution in [2.24, 2.45) is 12.8 Å². The maximum absolute atomic E-state index is 10.6. The number of amides is 1. The molecule has 0 spiro atoms. The van der Waals surface area contributed by atoms with Crippen molar-refractivity contribution in [3.8, 4) is 12.3 Å². The Hall–Kier alpha value is -1.76. The third kappa shape index (κ3) is 1.08. The summed E-state index contributed by atoms with van der Waals surface area (Å²) < 4.78 is 1.57. The SMILES string of the molecule is C#Cc1c(C(N)=O)ncn1C. The minimum Gasteiger partial charge on any atom is -0.364 e. The van der Waals surface area contributed by atoms with E-state index in [1.807, 2.05) is 0 Å². The van der Waals surface area contributed by atoms with Gasteiger partial charge in [0, 0.05) is 7.05 Å². The van der Waals surface area contributed by atoms with Crippen LogP contribution in [0, 0.1) is 12.3 Å². The van der Waals surface area contributed by atoms with Crippen molar-refractivity contribution in [1.82, 2.24) is 9.55 Å². The summed E-state index contributed by atoms with van der Waals surface area (Å²) in [6.45, 7) is 0. The molecule has 0 aliphatic rings. The largest absolute Gasteiger partial charge is 0.364 e. The van der Waals surface area contributed by atoms with E-state index in [0.29, 0.717) is 5.69 Å². The Kier molecular flexibility index (Phi) is 1.65. The van der Waals surface area contributed by atoms with E-state index in [9.17, 15) is 4.79 Å². The zero-order valence-electron chi connectivity index (χ0n) is 6.03. The van der Waals surface area contributed by atoms with E-state index < -0.39 is 5.91 Å². The molecule has 1 aromatic heterocycles. The molecular weight excluding hydrogens is 142 g/mol. The Bertz CT molecular complexity index is 332. The minimum absolute atomic E-state index is 0.148. The highest BCUT2D eigenvalue weighted by atomic mass is 16.1. The van der Waals surface area contributed by atoms with Crippen LogP contribution in [0.25, 0.3) is 0 Å². The molecule has 1 aromatic rings. The van der Waals surface area contributed by atoms with Crippen molar-refractivity contribution in [3.63, 3.8) is 0 Å². The van der Waals surface area contributed by atoms with Crippen LogP contribution in [-0.4, -0.2) is 15.5 Å². The molecule has 0 aliphatic carbocycles. The molecule has 1 rings (SSSR count). The van der Waals surface area contributed by atoms with Gasteiger partial charge in [-0.05, 0) is 5.92 Å². The van der Waals surface area contributed by atoms with Gasteiger partial charge in [-0.3, -0.25) is 4.79 Å². The first kappa shape index (κ1) is 7.35. The Labute approximate surface area is 64.0 Å². The number of nitrogens with zero attached hydrogens (tertiary/aromatic N) is 2. The van der Waals surface area contributed by atoms with Gasteiger partial charge in [0.15, 0.2) is 5.69 Å². The third-order valence-corrected chi connectivity index (χ3v) is 1.31. The second kappa shape index (κ2) is 2.46. The van der Waals surface area contributed by atoms with Crippen LogP contribution < -0.4 is 5.73 Å². The molecule has 56 valence electrons. The first-order chi connectivity index (χ1) is 5.16. The molecule has 0 saturated heterocycles. The van der Waals surface area contributed by atoms with Gasteiger partial charge in [0.2, 0.25) is 0 Å². The lowest BCUT2D eigenvalue weighted by atomic mass is 10.3. The van der Waals surface area contributed by atoms with Gasteiger partial charge in [-0.2, -0.15) is 0 Å². The topological polar surface area (TPSA) is 60.9 Å². The third-order valence-electron chi connectivity index (χ3n) is 1.31. The molecule has 0 aliphatic heterocycles. The molecule has 0 aromatic carbocycles. The molecule has 0 atom stereocenters. The number of imidazole rings is 1. The molecular formula is C7H7N3O. The standard InChI is InChI=1S/C7H7N3O/c1-3-5-6(7(8)11)9-4-10(5)2/h1,4H,2H3,(H2,8,11). The minimum atomic E-state index is -0.599. The van der Waals surface area contributed by atoms with E-state index in [0.717, 1.165) is 0 Å². The molecule has 4 nitrogen and oxygen atoms in total. The van der Waals surface area contributed by atoms with Crippen molar-refractivity contribution in [2.75, 3.05) is 0 Å². The first-order valence-corrected chi connectivity index (χ1v) is 2.94. The molecule has 0 fully saturated rings. The van der Waals surface area contributed by atoms with Gasteiger partial charge < -0.3 is 10.3 Å². The van der Waals surface area contributed by atoms with E-state index in [-0.39, 0.29) is 5.69 Å². The molecule has 1 amide bonds. The summed E-state index contributed by atoms with van der Waals surface area (Å²) in [5, 5.41) is 0. The lowest BCUT2D eigenvalue weighted by Crippen LogP contribution is -2.13. The molecule has 0 bridgehead atoms. The summed E-state index contributed by atoms with van der Waals surface area (Å²) in [5.41, 5.74) is 5.56. The fourth-order valence-electron chi connectivity index (χ4n) is 0.781. The van der Waals surface area contributed by atoms with Crippen LogP contribution >= 0.6 is 0 Å². The van der Waals surface area contributed by atoms with Crippen molar-refractivity contribution in [1.29, 1.82) is 0 Å². The summed E-state index contributed by atoms with van der Waals surface area (Å²) in [6.07, 6.45) is 6.57. The van der Waals surface area contributed by atoms with E-state index >= 15 is 0 Å². The molecule has 11 heavy (non-hydrogen) atoms. The fraction of sp³-hybridized carbons (Fsp3) is 0.143. The van der Waals surface area contributed by atoms with Crippen LogP contribution in [0.4, 0.5) is 0 Å². The van der Waals surface area contributed by atoms with E-state index in [1.165, 1.54) is 6.33 Å². The van der Waals surface area contributed by atoms with E-state index in [1.54, 1.807) is 11.6 Å². The smallest absolute Gasteiger partial charge is 0.270 e. The molecule has 4 heteroatoms. The maximum atomic E-state index is 10.6. The predicted octanol–water partition coefficient (Wildman–Crippen LogP) is -0.500. The highest BCUT2D eigenvalue weighted by Crippen LogP contribution is 2.02. The zero-order valence-corrected chi connectivity index (χ0v) is 6.03. The molecule has 0 saturated carbocycles. The normalized spacial score (nSPS) is 9.09. The monoisotopic (exact) mass is 149 g/mol. The van der Waals surface area contributed by atoms with Gasteiger partial charge in [-0.1, -0.05) is 0 Å². The number of aryl methyl sites for hydroxylation is 1. The van der Waals surface area contributed by atoms with Crippen molar-refractivity contribution < 1.29 is 4.79 Å². The Balaban J connectivity index is 3.30. The summed E-state index contributed by atoms with van der Waals surface area (Å²) in [7, 11) is 1.70. The number of nitrogens with two attached hydrogens (primary N) is 1. The van der Waals surface area contributed by atoms with Crippen LogP contribution in [0.2, 0.25) is 0 Å². The van der Waals surface area contributed by atoms with Crippen molar-refractivity contribution >= 4 is 5.91 Å². The molecule has 0 radical (unpaired) electrons. The van der Waals surface area contributed by atoms with Crippen molar-refractivity contribution in [2.45, 2.75) is 0 Å². The number of aromatic nitrogens is 2. The van der Waals surface area contributed by atoms with Crippen LogP contribution in [-0.2, 0) is 7.05 Å². The van der Waals surface area contributed by atoms with E-state index in [2.05, 4.69) is 10.9 Å². The van der Waals surface area contributed by atoms with Gasteiger partial charge in [-0.25, -0.2) is 4.98 Å². The number of hydrogen-bond acceptors (Lipinski definition) is 2. The average Bonchev–Trinajstić information content (AvgIpc) is 2.30. The number of primary amides is 1. The first-order valence-electron chi connectivity index (χ1n) is 2.94. The van der Waals surface area contributed by atoms with Crippen LogP contribution in [0.1, 0.15) is 16.2 Å². The van der Waals surface area contributed by atoms with Gasteiger partial charge in [-0.15, -0.1) is 6.42 Å². The molecule has 1 heterocycles. The quantitative estimate of drug-likeness (QED) is 0.547. The maximum Gasteiger partial charge on any atom is 0.270 e. The van der Waals surface area contributed by atoms with Crippen LogP contribution in [0.3, 0.4) is 0 Å². The van der Waals surface area contributed by atoms with Gasteiger partial charge >= 0.3 is 0 Å². The lowest BCUT2D eigenvalue weighted by molar-refractivity contribution is 0.0995. The van der Waals surface area contributed by atoms with Gasteiger partial charge in [0.25, 0.3) is 5.91 Å². The Morgan fingerprint density at radius 3 is 2.91 bits per heavy atom. The summed E-state index contributed by atoms with van der Waals surface area (Å²) in [4.78, 5) is 14.4. The summed E-state index contributed by atoms with van der Waals surface area (Å²) in [6, 6.07) is 0. The Morgan fingerprint density at radius 2 is 2.55 bits per heavy atom. The fourth-order valence-corrected chi connectivity index (χ4v) is 0.781.